The van der Waals surface area contributed by atoms with Crippen LogP contribution in [0, 0.1) is 12.3 Å². The van der Waals surface area contributed by atoms with Gasteiger partial charge in [-0.2, -0.15) is 0 Å². The summed E-state index contributed by atoms with van der Waals surface area (Å²) in [6, 6.07) is 13.6. The Bertz CT molecular complexity index is 1610. The summed E-state index contributed by atoms with van der Waals surface area (Å²) < 4.78 is 44.1. The summed E-state index contributed by atoms with van der Waals surface area (Å²) in [6.45, 7) is 14.3. The molecule has 1 N–H and O–H groups in total. The molecule has 2 saturated heterocycles. The summed E-state index contributed by atoms with van der Waals surface area (Å²) in [6.07, 6.45) is 2.73. The van der Waals surface area contributed by atoms with Gasteiger partial charge in [0, 0.05) is 23.5 Å². The van der Waals surface area contributed by atoms with E-state index >= 15 is 0 Å². The highest BCUT2D eigenvalue weighted by Crippen LogP contribution is 2.68. The first-order valence-electron chi connectivity index (χ1n) is 15.7. The Morgan fingerprint density at radius 2 is 1.75 bits per heavy atom. The zero-order valence-corrected chi connectivity index (χ0v) is 28.8. The van der Waals surface area contributed by atoms with Crippen LogP contribution in [0.15, 0.2) is 64.8 Å². The lowest BCUT2D eigenvalue weighted by Crippen LogP contribution is -2.68. The van der Waals surface area contributed by atoms with Crippen molar-refractivity contribution in [3.05, 3.63) is 71.0 Å². The number of ether oxygens (including phenoxy) is 1. The van der Waals surface area contributed by atoms with Crippen LogP contribution < -0.4 is 4.31 Å². The fourth-order valence-corrected chi connectivity index (χ4v) is 11.2. The highest BCUT2D eigenvalue weighted by molar-refractivity contribution is 7.93. The van der Waals surface area contributed by atoms with E-state index in [4.69, 9.17) is 9.16 Å². The van der Waals surface area contributed by atoms with Gasteiger partial charge in [0.25, 0.3) is 10.0 Å². The van der Waals surface area contributed by atoms with E-state index in [2.05, 4.69) is 38.8 Å². The van der Waals surface area contributed by atoms with Crippen molar-refractivity contribution in [2.75, 3.05) is 31.1 Å². The molecule has 1 spiro atoms. The fourth-order valence-electron chi connectivity index (χ4n) is 8.41. The topological polar surface area (TPSA) is 96.4 Å². The van der Waals surface area contributed by atoms with Gasteiger partial charge >= 0.3 is 5.97 Å². The summed E-state index contributed by atoms with van der Waals surface area (Å²) in [7, 11) is -5.34. The fraction of sp³-hybridized carbons (Fsp3) is 0.559. The van der Waals surface area contributed by atoms with Gasteiger partial charge in [0.15, 0.2) is 0 Å². The molecule has 238 valence electrons. The van der Waals surface area contributed by atoms with Gasteiger partial charge in [0.05, 0.1) is 35.1 Å². The number of fused-ring (bicyclic) bond motifs is 1. The number of methoxy groups -OCH3 is 1. The van der Waals surface area contributed by atoms with Gasteiger partial charge in [-0.05, 0) is 87.6 Å². The number of hydrogen-bond donors (Lipinski definition) is 1. The maximum atomic E-state index is 14.9. The molecule has 1 aliphatic carbocycles. The summed E-state index contributed by atoms with van der Waals surface area (Å²) in [5.41, 5.74) is 1.37. The number of rotatable bonds is 7. The van der Waals surface area contributed by atoms with E-state index in [9.17, 15) is 18.3 Å². The number of benzene rings is 2. The van der Waals surface area contributed by atoms with Gasteiger partial charge in [0.2, 0.25) is 8.32 Å². The Morgan fingerprint density at radius 1 is 1.07 bits per heavy atom. The quantitative estimate of drug-likeness (QED) is 0.316. The first-order valence-corrected chi connectivity index (χ1v) is 20.1. The van der Waals surface area contributed by atoms with Crippen LogP contribution in [-0.2, 0) is 29.4 Å². The van der Waals surface area contributed by atoms with E-state index in [0.717, 1.165) is 37.1 Å². The molecule has 0 saturated carbocycles. The number of para-hydroxylation sites is 1. The van der Waals surface area contributed by atoms with Crippen molar-refractivity contribution in [2.45, 2.75) is 93.9 Å². The normalized spacial score (nSPS) is 28.4. The van der Waals surface area contributed by atoms with E-state index in [1.807, 2.05) is 31.2 Å². The Labute approximate surface area is 263 Å². The van der Waals surface area contributed by atoms with Gasteiger partial charge < -0.3 is 14.3 Å². The number of nitrogens with zero attached hydrogens (tertiary/aromatic N) is 2. The third kappa shape index (κ3) is 4.20. The van der Waals surface area contributed by atoms with E-state index < -0.39 is 41.2 Å². The van der Waals surface area contributed by atoms with Crippen LogP contribution in [0.3, 0.4) is 0 Å². The summed E-state index contributed by atoms with van der Waals surface area (Å²) in [5.74, 6) is -0.0288. The number of sulfonamides is 1. The summed E-state index contributed by atoms with van der Waals surface area (Å²) >= 11 is 0. The number of aliphatic hydroxyl groups is 1. The average molecular weight is 639 g/mol. The number of carbonyl (C=O) groups is 1. The number of carbonyl (C=O) groups excluding carboxylic acids is 1. The predicted molar refractivity (Wildman–Crippen MR) is 173 cm³/mol. The standard InChI is InChI=1S/C34H46N2O6SSi/c1-23-13-15-24(16-14-23)43(39,40)36-26-12-9-8-11-25(26)34-18-21-35-20-10-17-33(19-22-37,31(34)35)29(27(28(34)36)30(38)41-5)42-44(6,7)32(2,3)4/h8-9,11-16,28,31,37H,10,17-22H2,1-7H3/t28-,31-,33+,34-/m0/s1. The Kier molecular flexibility index (Phi) is 7.43. The molecular weight excluding hydrogens is 593 g/mol. The lowest BCUT2D eigenvalue weighted by atomic mass is 9.52. The molecule has 0 aromatic heterocycles. The second kappa shape index (κ2) is 10.4. The molecule has 0 radical (unpaired) electrons. The van der Waals surface area contributed by atoms with E-state index in [-0.39, 0.29) is 28.2 Å². The molecular formula is C34H46N2O6SSi. The van der Waals surface area contributed by atoms with E-state index in [1.54, 1.807) is 24.3 Å². The molecule has 10 heteroatoms. The number of anilines is 1. The van der Waals surface area contributed by atoms with Gasteiger partial charge in [-0.25, -0.2) is 13.2 Å². The highest BCUT2D eigenvalue weighted by atomic mass is 32.2. The smallest absolute Gasteiger partial charge is 0.339 e. The van der Waals surface area contributed by atoms with Crippen molar-refractivity contribution in [1.82, 2.24) is 4.90 Å². The molecule has 2 fully saturated rings. The third-order valence-electron chi connectivity index (χ3n) is 11.3. The Balaban J connectivity index is 1.74. The van der Waals surface area contributed by atoms with Crippen molar-refractivity contribution >= 4 is 30.0 Å². The lowest BCUT2D eigenvalue weighted by Gasteiger charge is -2.59. The van der Waals surface area contributed by atoms with Crippen LogP contribution in [0.2, 0.25) is 18.1 Å². The van der Waals surface area contributed by atoms with E-state index in [0.29, 0.717) is 24.3 Å². The molecule has 0 amide bonds. The molecule has 3 heterocycles. The monoisotopic (exact) mass is 638 g/mol. The maximum Gasteiger partial charge on any atom is 0.339 e. The highest BCUT2D eigenvalue weighted by Gasteiger charge is 2.73. The number of aryl methyl sites for hydroxylation is 1. The van der Waals surface area contributed by atoms with Gasteiger partial charge in [-0.1, -0.05) is 56.7 Å². The SMILES string of the molecule is COC(=O)C1=C(O[Si](C)(C)C(C)(C)C)[C@]2(CCO)CCCN3CC[C@@]4(c5ccccc5N(S(=O)(=O)c5ccc(C)cc5)[C@@H]14)[C@@H]32. The number of hydrogen-bond acceptors (Lipinski definition) is 7. The average Bonchev–Trinajstić information content (AvgIpc) is 3.50. The van der Waals surface area contributed by atoms with Crippen LogP contribution in [0.4, 0.5) is 5.69 Å². The van der Waals surface area contributed by atoms with Crippen LogP contribution >= 0.6 is 0 Å². The minimum atomic E-state index is -4.13. The number of piperidine rings is 1. The first kappa shape index (κ1) is 31.3. The van der Waals surface area contributed by atoms with Crippen molar-refractivity contribution in [3.63, 3.8) is 0 Å². The Morgan fingerprint density at radius 3 is 2.39 bits per heavy atom. The minimum Gasteiger partial charge on any atom is -0.545 e. The predicted octanol–water partition coefficient (Wildman–Crippen LogP) is 5.51. The zero-order valence-electron chi connectivity index (χ0n) is 27.0. The van der Waals surface area contributed by atoms with Crippen LogP contribution in [0.25, 0.3) is 0 Å². The molecule has 4 atom stereocenters. The number of esters is 1. The maximum absolute atomic E-state index is 14.9. The van der Waals surface area contributed by atoms with Crippen molar-refractivity contribution in [2.24, 2.45) is 5.41 Å². The molecule has 6 rings (SSSR count). The van der Waals surface area contributed by atoms with Crippen LogP contribution in [0.1, 0.15) is 57.6 Å². The second-order valence-corrected chi connectivity index (χ2v) is 21.1. The van der Waals surface area contributed by atoms with Gasteiger partial charge in [-0.15, -0.1) is 0 Å². The van der Waals surface area contributed by atoms with Gasteiger partial charge in [0.1, 0.15) is 0 Å². The summed E-state index contributed by atoms with van der Waals surface area (Å²) in [5, 5.41) is 10.5. The molecule has 2 aromatic rings. The number of aliphatic hydroxyl groups excluding tert-OH is 1. The molecule has 0 unspecified atom stereocenters. The van der Waals surface area contributed by atoms with Crippen molar-refractivity contribution < 1.29 is 27.5 Å². The summed E-state index contributed by atoms with van der Waals surface area (Å²) in [4.78, 5) is 17.0. The minimum absolute atomic E-state index is 0.0725. The second-order valence-electron chi connectivity index (χ2n) is 14.6. The largest absolute Gasteiger partial charge is 0.545 e. The van der Waals surface area contributed by atoms with Gasteiger partial charge in [-0.3, -0.25) is 9.21 Å². The van der Waals surface area contributed by atoms with Crippen molar-refractivity contribution in [3.8, 4) is 0 Å². The molecule has 44 heavy (non-hydrogen) atoms. The third-order valence-corrected chi connectivity index (χ3v) is 17.4. The Hall–Kier alpha value is -2.66. The molecule has 4 aliphatic rings. The van der Waals surface area contributed by atoms with Crippen LogP contribution in [-0.4, -0.2) is 71.6 Å². The molecule has 0 bridgehead atoms. The molecule has 3 aliphatic heterocycles. The van der Waals surface area contributed by atoms with E-state index in [1.165, 1.54) is 11.4 Å². The van der Waals surface area contributed by atoms with Crippen LogP contribution in [0.5, 0.6) is 0 Å². The molecule has 2 aromatic carbocycles. The zero-order chi connectivity index (χ0) is 31.9. The van der Waals surface area contributed by atoms with Crippen molar-refractivity contribution in [1.29, 1.82) is 0 Å². The lowest BCUT2D eigenvalue weighted by molar-refractivity contribution is -0.138. The molecule has 8 nitrogen and oxygen atoms in total. The first-order chi connectivity index (χ1) is 20.7.